The second kappa shape index (κ2) is 7.35. The summed E-state index contributed by atoms with van der Waals surface area (Å²) in [6.07, 6.45) is -0.0752. The summed E-state index contributed by atoms with van der Waals surface area (Å²) in [5.74, 6) is -0.0221. The molecule has 1 unspecified atom stereocenters. The second-order valence-electron chi connectivity index (χ2n) is 4.40. The predicted molar refractivity (Wildman–Crippen MR) is 79.8 cm³/mol. The molecule has 1 amide bonds. The number of nitrogens with one attached hydrogen (secondary N) is 1. The minimum Gasteiger partial charge on any atom is -0.372 e. The summed E-state index contributed by atoms with van der Waals surface area (Å²) in [5, 5.41) is 10.8. The molecule has 3 N–H and O–H groups in total. The molecular formula is C15H18N4O2. The number of amides is 1. The first-order valence-corrected chi connectivity index (χ1v) is 6.74. The van der Waals surface area contributed by atoms with E-state index in [4.69, 9.17) is 10.5 Å². The third kappa shape index (κ3) is 4.25. The highest BCUT2D eigenvalue weighted by Gasteiger charge is 2.11. The molecule has 21 heavy (non-hydrogen) atoms. The SMILES string of the molecule is CCOC(CNc1ccc(C(N)=O)nn1)c1ccccc1. The summed E-state index contributed by atoms with van der Waals surface area (Å²) in [7, 11) is 0. The summed E-state index contributed by atoms with van der Waals surface area (Å²) in [6, 6.07) is 13.2. The van der Waals surface area contributed by atoms with Crippen molar-refractivity contribution in [2.24, 2.45) is 5.73 Å². The Morgan fingerprint density at radius 1 is 1.24 bits per heavy atom. The monoisotopic (exact) mass is 286 g/mol. The lowest BCUT2D eigenvalue weighted by Crippen LogP contribution is -2.18. The molecule has 0 bridgehead atoms. The van der Waals surface area contributed by atoms with Crippen molar-refractivity contribution in [3.8, 4) is 0 Å². The van der Waals surface area contributed by atoms with E-state index in [0.717, 1.165) is 5.56 Å². The van der Waals surface area contributed by atoms with Gasteiger partial charge in [0.25, 0.3) is 5.91 Å². The molecule has 6 heteroatoms. The van der Waals surface area contributed by atoms with Crippen LogP contribution in [-0.2, 0) is 4.74 Å². The van der Waals surface area contributed by atoms with Gasteiger partial charge in [0.15, 0.2) is 5.69 Å². The van der Waals surface area contributed by atoms with E-state index < -0.39 is 5.91 Å². The Labute approximate surface area is 123 Å². The Bertz CT molecular complexity index is 572. The van der Waals surface area contributed by atoms with E-state index in [1.165, 1.54) is 6.07 Å². The van der Waals surface area contributed by atoms with E-state index in [9.17, 15) is 4.79 Å². The first kappa shape index (κ1) is 14.9. The van der Waals surface area contributed by atoms with Crippen molar-refractivity contribution in [1.29, 1.82) is 0 Å². The molecule has 0 saturated carbocycles. The standard InChI is InChI=1S/C15H18N4O2/c1-2-21-13(11-6-4-3-5-7-11)10-17-14-9-8-12(15(16)20)18-19-14/h3-9,13H,2,10H2,1H3,(H2,16,20)(H,17,19). The maximum Gasteiger partial charge on any atom is 0.269 e. The number of hydrogen-bond acceptors (Lipinski definition) is 5. The molecule has 0 aliphatic carbocycles. The fourth-order valence-electron chi connectivity index (χ4n) is 1.90. The lowest BCUT2D eigenvalue weighted by atomic mass is 10.1. The first-order valence-electron chi connectivity index (χ1n) is 6.74. The Hall–Kier alpha value is -2.47. The quantitative estimate of drug-likeness (QED) is 0.809. The Balaban J connectivity index is 2.00. The fraction of sp³-hybridized carbons (Fsp3) is 0.267. The predicted octanol–water partition coefficient (Wildman–Crippen LogP) is 1.77. The maximum absolute atomic E-state index is 10.9. The largest absolute Gasteiger partial charge is 0.372 e. The summed E-state index contributed by atoms with van der Waals surface area (Å²) in [4.78, 5) is 10.9. The average molecular weight is 286 g/mol. The van der Waals surface area contributed by atoms with Crippen LogP contribution in [0.3, 0.4) is 0 Å². The van der Waals surface area contributed by atoms with Gasteiger partial charge in [0.2, 0.25) is 0 Å². The van der Waals surface area contributed by atoms with Crippen LogP contribution in [0.1, 0.15) is 29.1 Å². The zero-order chi connectivity index (χ0) is 15.1. The van der Waals surface area contributed by atoms with E-state index in [-0.39, 0.29) is 11.8 Å². The Kier molecular flexibility index (Phi) is 5.22. The van der Waals surface area contributed by atoms with Crippen molar-refractivity contribution in [3.05, 3.63) is 53.7 Å². The fourth-order valence-corrected chi connectivity index (χ4v) is 1.90. The molecule has 0 spiro atoms. The number of anilines is 1. The van der Waals surface area contributed by atoms with Gasteiger partial charge in [-0.1, -0.05) is 30.3 Å². The summed E-state index contributed by atoms with van der Waals surface area (Å²) >= 11 is 0. The molecule has 2 rings (SSSR count). The van der Waals surface area contributed by atoms with Gasteiger partial charge in [-0.25, -0.2) is 0 Å². The molecular weight excluding hydrogens is 268 g/mol. The number of nitrogens with two attached hydrogens (primary N) is 1. The van der Waals surface area contributed by atoms with Crippen molar-refractivity contribution < 1.29 is 9.53 Å². The molecule has 0 fully saturated rings. The molecule has 0 aliphatic rings. The van der Waals surface area contributed by atoms with Crippen LogP contribution in [0.5, 0.6) is 0 Å². The molecule has 110 valence electrons. The zero-order valence-corrected chi connectivity index (χ0v) is 11.8. The van der Waals surface area contributed by atoms with Crippen LogP contribution in [0.2, 0.25) is 0 Å². The van der Waals surface area contributed by atoms with Crippen molar-refractivity contribution in [3.63, 3.8) is 0 Å². The van der Waals surface area contributed by atoms with Gasteiger partial charge in [-0.15, -0.1) is 10.2 Å². The van der Waals surface area contributed by atoms with E-state index in [1.807, 2.05) is 37.3 Å². The van der Waals surface area contributed by atoms with Crippen LogP contribution in [0, 0.1) is 0 Å². The van der Waals surface area contributed by atoms with Gasteiger partial charge < -0.3 is 15.8 Å². The van der Waals surface area contributed by atoms with E-state index in [1.54, 1.807) is 6.07 Å². The molecule has 1 aromatic carbocycles. The summed E-state index contributed by atoms with van der Waals surface area (Å²) < 4.78 is 5.73. The second-order valence-corrected chi connectivity index (χ2v) is 4.40. The summed E-state index contributed by atoms with van der Waals surface area (Å²) in [6.45, 7) is 3.13. The number of rotatable bonds is 7. The van der Waals surface area contributed by atoms with Crippen molar-refractivity contribution in [1.82, 2.24) is 10.2 Å². The van der Waals surface area contributed by atoms with Crippen LogP contribution in [0.4, 0.5) is 5.82 Å². The molecule has 2 aromatic rings. The Morgan fingerprint density at radius 3 is 2.57 bits per heavy atom. The van der Waals surface area contributed by atoms with Crippen LogP contribution in [-0.4, -0.2) is 29.3 Å². The smallest absolute Gasteiger partial charge is 0.269 e. The van der Waals surface area contributed by atoms with Crippen molar-refractivity contribution in [2.75, 3.05) is 18.5 Å². The van der Waals surface area contributed by atoms with Crippen LogP contribution < -0.4 is 11.1 Å². The molecule has 0 saturated heterocycles. The van der Waals surface area contributed by atoms with E-state index in [2.05, 4.69) is 15.5 Å². The molecule has 0 aliphatic heterocycles. The van der Waals surface area contributed by atoms with Gasteiger partial charge >= 0.3 is 0 Å². The molecule has 6 nitrogen and oxygen atoms in total. The minimum absolute atomic E-state index is 0.0752. The van der Waals surface area contributed by atoms with Gasteiger partial charge in [0.1, 0.15) is 5.82 Å². The van der Waals surface area contributed by atoms with Crippen molar-refractivity contribution in [2.45, 2.75) is 13.0 Å². The molecule has 0 radical (unpaired) electrons. The number of carbonyl (C=O) groups excluding carboxylic acids is 1. The Morgan fingerprint density at radius 2 is 2.00 bits per heavy atom. The molecule has 1 atom stereocenters. The minimum atomic E-state index is -0.592. The highest BCUT2D eigenvalue weighted by Crippen LogP contribution is 2.17. The lowest BCUT2D eigenvalue weighted by Gasteiger charge is -2.18. The van der Waals surface area contributed by atoms with E-state index >= 15 is 0 Å². The van der Waals surface area contributed by atoms with Crippen LogP contribution in [0.25, 0.3) is 0 Å². The molecule has 1 aromatic heterocycles. The van der Waals surface area contributed by atoms with Crippen LogP contribution >= 0.6 is 0 Å². The number of ether oxygens (including phenoxy) is 1. The average Bonchev–Trinajstić information content (AvgIpc) is 2.52. The third-order valence-electron chi connectivity index (χ3n) is 2.92. The number of hydrogen-bond donors (Lipinski definition) is 2. The highest BCUT2D eigenvalue weighted by molar-refractivity contribution is 5.90. The highest BCUT2D eigenvalue weighted by atomic mass is 16.5. The van der Waals surface area contributed by atoms with Gasteiger partial charge in [0.05, 0.1) is 6.10 Å². The molecule has 1 heterocycles. The zero-order valence-electron chi connectivity index (χ0n) is 11.8. The normalized spacial score (nSPS) is 11.9. The van der Waals surface area contributed by atoms with Gasteiger partial charge in [-0.3, -0.25) is 4.79 Å². The number of nitrogens with zero attached hydrogens (tertiary/aromatic N) is 2. The van der Waals surface area contributed by atoms with Gasteiger partial charge in [-0.2, -0.15) is 0 Å². The van der Waals surface area contributed by atoms with Gasteiger partial charge in [0, 0.05) is 13.2 Å². The number of primary amides is 1. The topological polar surface area (TPSA) is 90.1 Å². The van der Waals surface area contributed by atoms with E-state index in [0.29, 0.717) is 19.0 Å². The number of aromatic nitrogens is 2. The summed E-state index contributed by atoms with van der Waals surface area (Å²) in [5.41, 5.74) is 6.35. The number of carbonyl (C=O) groups is 1. The number of benzene rings is 1. The maximum atomic E-state index is 10.9. The van der Waals surface area contributed by atoms with Crippen molar-refractivity contribution >= 4 is 11.7 Å². The lowest BCUT2D eigenvalue weighted by molar-refractivity contribution is 0.0718. The first-order chi connectivity index (χ1) is 10.2. The van der Waals surface area contributed by atoms with Gasteiger partial charge in [-0.05, 0) is 24.6 Å². The third-order valence-corrected chi connectivity index (χ3v) is 2.92. The van der Waals surface area contributed by atoms with Crippen LogP contribution in [0.15, 0.2) is 42.5 Å².